The molecule has 2 rings (SSSR count). The van der Waals surface area contributed by atoms with Gasteiger partial charge in [0.15, 0.2) is 0 Å². The second kappa shape index (κ2) is 7.29. The summed E-state index contributed by atoms with van der Waals surface area (Å²) in [5.41, 5.74) is 6.81. The first-order valence-electron chi connectivity index (χ1n) is 7.38. The molecule has 1 aliphatic carbocycles. The van der Waals surface area contributed by atoms with E-state index < -0.39 is 0 Å². The van der Waals surface area contributed by atoms with Crippen LogP contribution in [0.15, 0.2) is 24.3 Å². The van der Waals surface area contributed by atoms with Gasteiger partial charge >= 0.3 is 0 Å². The normalized spacial score (nSPS) is 21.7. The van der Waals surface area contributed by atoms with Gasteiger partial charge in [-0.05, 0) is 43.9 Å². The zero-order valence-electron chi connectivity index (χ0n) is 12.1. The monoisotopic (exact) mass is 276 g/mol. The van der Waals surface area contributed by atoms with Crippen LogP contribution in [-0.2, 0) is 4.79 Å². The fourth-order valence-corrected chi connectivity index (χ4v) is 2.85. The molecule has 1 aliphatic rings. The smallest absolute Gasteiger partial charge is 0.223 e. The van der Waals surface area contributed by atoms with E-state index in [0.717, 1.165) is 30.6 Å². The lowest BCUT2D eigenvalue weighted by molar-refractivity contribution is -0.126. The summed E-state index contributed by atoms with van der Waals surface area (Å²) in [7, 11) is 0. The van der Waals surface area contributed by atoms with E-state index in [1.165, 1.54) is 0 Å². The van der Waals surface area contributed by atoms with Crippen LogP contribution in [0.3, 0.4) is 0 Å². The first kappa shape index (κ1) is 14.9. The number of nitrogens with two attached hydrogens (primary N) is 1. The highest BCUT2D eigenvalue weighted by molar-refractivity contribution is 5.79. The topological polar surface area (TPSA) is 64.3 Å². The molecular formula is C16H24N2O2. The van der Waals surface area contributed by atoms with Gasteiger partial charge in [0.1, 0.15) is 12.4 Å². The molecule has 1 aromatic rings. The molecule has 0 aliphatic heterocycles. The molecule has 1 aromatic carbocycles. The second-order valence-corrected chi connectivity index (χ2v) is 5.44. The molecule has 0 radical (unpaired) electrons. The summed E-state index contributed by atoms with van der Waals surface area (Å²) in [4.78, 5) is 12.1. The molecule has 1 fully saturated rings. The van der Waals surface area contributed by atoms with E-state index >= 15 is 0 Å². The van der Waals surface area contributed by atoms with Gasteiger partial charge in [-0.25, -0.2) is 0 Å². The lowest BCUT2D eigenvalue weighted by Gasteiger charge is -2.17. The predicted molar refractivity (Wildman–Crippen MR) is 79.6 cm³/mol. The van der Waals surface area contributed by atoms with Crippen molar-refractivity contribution in [2.75, 3.05) is 19.7 Å². The van der Waals surface area contributed by atoms with E-state index in [1.54, 1.807) is 0 Å². The summed E-state index contributed by atoms with van der Waals surface area (Å²) in [6.07, 6.45) is 3.15. The molecule has 0 heterocycles. The van der Waals surface area contributed by atoms with Crippen molar-refractivity contribution in [1.29, 1.82) is 0 Å². The van der Waals surface area contributed by atoms with Crippen molar-refractivity contribution in [3.63, 3.8) is 0 Å². The van der Waals surface area contributed by atoms with E-state index in [0.29, 0.717) is 25.6 Å². The van der Waals surface area contributed by atoms with Crippen LogP contribution in [0.1, 0.15) is 24.8 Å². The summed E-state index contributed by atoms with van der Waals surface area (Å²) in [6.45, 7) is 3.66. The molecule has 110 valence electrons. The van der Waals surface area contributed by atoms with Crippen molar-refractivity contribution in [2.24, 2.45) is 17.6 Å². The van der Waals surface area contributed by atoms with Gasteiger partial charge in [-0.3, -0.25) is 4.79 Å². The number of hydrogen-bond donors (Lipinski definition) is 2. The number of aryl methyl sites for hydroxylation is 1. The van der Waals surface area contributed by atoms with Gasteiger partial charge < -0.3 is 15.8 Å². The Morgan fingerprint density at radius 3 is 2.95 bits per heavy atom. The molecular weight excluding hydrogens is 252 g/mol. The number of rotatable bonds is 6. The summed E-state index contributed by atoms with van der Waals surface area (Å²) in [6, 6.07) is 7.89. The first-order chi connectivity index (χ1) is 9.72. The van der Waals surface area contributed by atoms with Crippen LogP contribution in [-0.4, -0.2) is 25.6 Å². The Morgan fingerprint density at radius 1 is 1.40 bits per heavy atom. The molecule has 0 aromatic heterocycles. The Labute approximate surface area is 120 Å². The summed E-state index contributed by atoms with van der Waals surface area (Å²) in [5, 5.41) is 2.96. The summed E-state index contributed by atoms with van der Waals surface area (Å²) >= 11 is 0. The van der Waals surface area contributed by atoms with Crippen molar-refractivity contribution >= 4 is 5.91 Å². The number of ether oxygens (including phenoxy) is 1. The van der Waals surface area contributed by atoms with Gasteiger partial charge in [0, 0.05) is 5.92 Å². The molecule has 0 unspecified atom stereocenters. The maximum absolute atomic E-state index is 12.1. The van der Waals surface area contributed by atoms with Crippen LogP contribution in [0.25, 0.3) is 0 Å². The highest BCUT2D eigenvalue weighted by Gasteiger charge is 2.31. The van der Waals surface area contributed by atoms with Crippen molar-refractivity contribution in [3.05, 3.63) is 29.8 Å². The molecule has 0 saturated heterocycles. The van der Waals surface area contributed by atoms with Crippen LogP contribution < -0.4 is 15.8 Å². The Morgan fingerprint density at radius 2 is 2.20 bits per heavy atom. The first-order valence-corrected chi connectivity index (χ1v) is 7.38. The van der Waals surface area contributed by atoms with E-state index in [9.17, 15) is 4.79 Å². The Hall–Kier alpha value is -1.55. The van der Waals surface area contributed by atoms with Gasteiger partial charge in [0.05, 0.1) is 6.54 Å². The fourth-order valence-electron chi connectivity index (χ4n) is 2.85. The highest BCUT2D eigenvalue weighted by atomic mass is 16.5. The van der Waals surface area contributed by atoms with Gasteiger partial charge in [-0.1, -0.05) is 24.6 Å². The van der Waals surface area contributed by atoms with E-state index in [4.69, 9.17) is 10.5 Å². The fraction of sp³-hybridized carbons (Fsp3) is 0.562. The molecule has 3 N–H and O–H groups in total. The Kier molecular flexibility index (Phi) is 5.41. The minimum absolute atomic E-state index is 0.0958. The van der Waals surface area contributed by atoms with Crippen LogP contribution in [0.5, 0.6) is 5.75 Å². The molecule has 2 atom stereocenters. The Bertz CT molecular complexity index is 448. The highest BCUT2D eigenvalue weighted by Crippen LogP contribution is 2.30. The quantitative estimate of drug-likeness (QED) is 0.780. The average Bonchev–Trinajstić information content (AvgIpc) is 2.93. The minimum Gasteiger partial charge on any atom is -0.491 e. The standard InChI is InChI=1S/C16H24N2O2/c1-12-5-2-3-8-15(12)20-10-9-18-16(19)14-7-4-6-13(14)11-17/h2-3,5,8,13-14H,4,6-7,9-11,17H2,1H3,(H,18,19)/t13-,14-/m1/s1. The summed E-state index contributed by atoms with van der Waals surface area (Å²) < 4.78 is 5.66. The van der Waals surface area contributed by atoms with Gasteiger partial charge in [-0.15, -0.1) is 0 Å². The Balaban J connectivity index is 1.71. The van der Waals surface area contributed by atoms with Crippen molar-refractivity contribution < 1.29 is 9.53 Å². The van der Waals surface area contributed by atoms with Crippen LogP contribution in [0, 0.1) is 18.8 Å². The molecule has 4 heteroatoms. The maximum Gasteiger partial charge on any atom is 0.223 e. The average molecular weight is 276 g/mol. The van der Waals surface area contributed by atoms with E-state index in [2.05, 4.69) is 5.32 Å². The van der Waals surface area contributed by atoms with Gasteiger partial charge in [0.25, 0.3) is 0 Å². The number of amides is 1. The van der Waals surface area contributed by atoms with Gasteiger partial charge in [0.2, 0.25) is 5.91 Å². The third-order valence-electron chi connectivity index (χ3n) is 4.05. The summed E-state index contributed by atoms with van der Waals surface area (Å²) in [5.74, 6) is 1.46. The third-order valence-corrected chi connectivity index (χ3v) is 4.05. The van der Waals surface area contributed by atoms with E-state index in [1.807, 2.05) is 31.2 Å². The third kappa shape index (κ3) is 3.73. The predicted octanol–water partition coefficient (Wildman–Crippen LogP) is 1.87. The minimum atomic E-state index is 0.0958. The number of carbonyl (C=O) groups is 1. The second-order valence-electron chi connectivity index (χ2n) is 5.44. The molecule has 0 spiro atoms. The SMILES string of the molecule is Cc1ccccc1OCCNC(=O)[C@@H]1CCC[C@@H]1CN. The number of carbonyl (C=O) groups excluding carboxylic acids is 1. The molecule has 1 saturated carbocycles. The molecule has 20 heavy (non-hydrogen) atoms. The van der Waals surface area contributed by atoms with Crippen molar-refractivity contribution in [2.45, 2.75) is 26.2 Å². The van der Waals surface area contributed by atoms with Crippen molar-refractivity contribution in [3.8, 4) is 5.75 Å². The van der Waals surface area contributed by atoms with Crippen LogP contribution >= 0.6 is 0 Å². The van der Waals surface area contributed by atoms with Crippen LogP contribution in [0.4, 0.5) is 0 Å². The molecule has 0 bridgehead atoms. The maximum atomic E-state index is 12.1. The number of nitrogens with one attached hydrogen (secondary N) is 1. The number of para-hydroxylation sites is 1. The zero-order chi connectivity index (χ0) is 14.4. The van der Waals surface area contributed by atoms with Crippen LogP contribution in [0.2, 0.25) is 0 Å². The number of hydrogen-bond acceptors (Lipinski definition) is 3. The number of benzene rings is 1. The van der Waals surface area contributed by atoms with Gasteiger partial charge in [-0.2, -0.15) is 0 Å². The lowest BCUT2D eigenvalue weighted by Crippen LogP contribution is -2.37. The zero-order valence-corrected chi connectivity index (χ0v) is 12.1. The molecule has 4 nitrogen and oxygen atoms in total. The molecule has 1 amide bonds. The largest absolute Gasteiger partial charge is 0.491 e. The van der Waals surface area contributed by atoms with Crippen molar-refractivity contribution in [1.82, 2.24) is 5.32 Å². The van der Waals surface area contributed by atoms with E-state index in [-0.39, 0.29) is 11.8 Å². The lowest BCUT2D eigenvalue weighted by atomic mass is 9.95.